The van der Waals surface area contributed by atoms with Crippen LogP contribution in [-0.4, -0.2) is 16.2 Å². The minimum atomic E-state index is -0.885. The van der Waals surface area contributed by atoms with E-state index in [9.17, 15) is 15.0 Å². The Morgan fingerprint density at radius 3 is 2.47 bits per heavy atom. The molecule has 0 unspecified atom stereocenters. The van der Waals surface area contributed by atoms with E-state index in [4.69, 9.17) is 0 Å². The first-order valence-electron chi connectivity index (χ1n) is 4.79. The van der Waals surface area contributed by atoms with Crippen LogP contribution in [0.15, 0.2) is 22.7 Å². The van der Waals surface area contributed by atoms with Gasteiger partial charge in [-0.1, -0.05) is 28.4 Å². The van der Waals surface area contributed by atoms with Gasteiger partial charge in [-0.05, 0) is 25.0 Å². The van der Waals surface area contributed by atoms with Gasteiger partial charge in [-0.2, -0.15) is 0 Å². The van der Waals surface area contributed by atoms with Gasteiger partial charge >= 0.3 is 5.97 Å². The average molecular weight is 271 g/mol. The van der Waals surface area contributed by atoms with Gasteiger partial charge < -0.3 is 10.2 Å². The van der Waals surface area contributed by atoms with E-state index < -0.39 is 11.4 Å². The molecule has 0 spiro atoms. The van der Waals surface area contributed by atoms with Crippen molar-refractivity contribution in [1.29, 1.82) is 0 Å². The first-order chi connectivity index (χ1) is 7.08. The molecule has 3 nitrogen and oxygen atoms in total. The Labute approximate surface area is 95.9 Å². The minimum Gasteiger partial charge on any atom is -0.508 e. The van der Waals surface area contributed by atoms with E-state index >= 15 is 0 Å². The molecule has 0 bridgehead atoms. The highest BCUT2D eigenvalue weighted by Gasteiger charge is 2.48. The van der Waals surface area contributed by atoms with Crippen molar-refractivity contribution in [1.82, 2.24) is 0 Å². The lowest BCUT2D eigenvalue weighted by molar-refractivity contribution is -0.147. The Balaban J connectivity index is 2.57. The largest absolute Gasteiger partial charge is 0.508 e. The van der Waals surface area contributed by atoms with Crippen molar-refractivity contribution >= 4 is 21.9 Å². The zero-order chi connectivity index (χ0) is 11.1. The molecule has 0 aliphatic heterocycles. The van der Waals surface area contributed by atoms with E-state index in [1.54, 1.807) is 12.1 Å². The number of aliphatic carboxylic acids is 1. The third kappa shape index (κ3) is 1.44. The van der Waals surface area contributed by atoms with Crippen LogP contribution in [0.4, 0.5) is 0 Å². The molecule has 1 saturated carbocycles. The number of carboxylic acids is 1. The summed E-state index contributed by atoms with van der Waals surface area (Å²) in [5.74, 6) is -0.789. The number of benzene rings is 1. The van der Waals surface area contributed by atoms with Crippen LogP contribution in [0.2, 0.25) is 0 Å². The number of carbonyl (C=O) groups is 1. The highest BCUT2D eigenvalue weighted by atomic mass is 79.9. The number of hydrogen-bond donors (Lipinski definition) is 2. The average Bonchev–Trinajstić information content (AvgIpc) is 2.07. The molecule has 15 heavy (non-hydrogen) atoms. The van der Waals surface area contributed by atoms with Crippen molar-refractivity contribution in [2.24, 2.45) is 0 Å². The first-order valence-corrected chi connectivity index (χ1v) is 5.58. The summed E-state index contributed by atoms with van der Waals surface area (Å²) >= 11 is 3.30. The summed E-state index contributed by atoms with van der Waals surface area (Å²) in [7, 11) is 0. The molecular formula is C11H11BrO3. The number of phenolic OH excluding ortho intramolecular Hbond substituents is 1. The molecule has 80 valence electrons. The second kappa shape index (κ2) is 3.52. The molecule has 0 saturated heterocycles. The molecule has 1 fully saturated rings. The number of hydrogen-bond acceptors (Lipinski definition) is 2. The van der Waals surface area contributed by atoms with E-state index in [2.05, 4.69) is 15.9 Å². The fourth-order valence-corrected chi connectivity index (χ4v) is 2.82. The van der Waals surface area contributed by atoms with Crippen LogP contribution in [0.1, 0.15) is 24.8 Å². The monoisotopic (exact) mass is 270 g/mol. The number of aromatic hydroxyl groups is 1. The Bertz CT molecular complexity index is 390. The maximum atomic E-state index is 11.3. The molecule has 1 aliphatic carbocycles. The van der Waals surface area contributed by atoms with Gasteiger partial charge in [-0.25, -0.2) is 0 Å². The summed E-state index contributed by atoms with van der Waals surface area (Å²) in [6.45, 7) is 0. The second-order valence-electron chi connectivity index (χ2n) is 3.87. The van der Waals surface area contributed by atoms with Crippen LogP contribution in [0.3, 0.4) is 0 Å². The summed E-state index contributed by atoms with van der Waals surface area (Å²) in [6, 6.07) is 4.98. The Hall–Kier alpha value is -1.03. The predicted octanol–water partition coefficient (Wildman–Crippen LogP) is 2.66. The van der Waals surface area contributed by atoms with E-state index in [-0.39, 0.29) is 5.75 Å². The molecule has 0 aromatic heterocycles. The van der Waals surface area contributed by atoms with Gasteiger partial charge in [0.25, 0.3) is 0 Å². The Morgan fingerprint density at radius 1 is 1.40 bits per heavy atom. The Morgan fingerprint density at radius 2 is 2.07 bits per heavy atom. The van der Waals surface area contributed by atoms with E-state index in [0.717, 1.165) is 6.42 Å². The van der Waals surface area contributed by atoms with Crippen molar-refractivity contribution in [3.63, 3.8) is 0 Å². The van der Waals surface area contributed by atoms with E-state index in [1.165, 1.54) is 6.07 Å². The molecular weight excluding hydrogens is 260 g/mol. The SMILES string of the molecule is O=C(O)C1(c2c(O)cccc2Br)CCC1. The molecule has 2 N–H and O–H groups in total. The molecule has 4 heteroatoms. The van der Waals surface area contributed by atoms with Crippen molar-refractivity contribution in [2.45, 2.75) is 24.7 Å². The molecule has 0 amide bonds. The maximum Gasteiger partial charge on any atom is 0.314 e. The third-order valence-electron chi connectivity index (χ3n) is 3.09. The Kier molecular flexibility index (Phi) is 2.46. The van der Waals surface area contributed by atoms with Gasteiger partial charge in [0.2, 0.25) is 0 Å². The molecule has 2 rings (SSSR count). The fourth-order valence-electron chi connectivity index (χ4n) is 2.09. The maximum absolute atomic E-state index is 11.3. The highest BCUT2D eigenvalue weighted by Crippen LogP contribution is 2.49. The first kappa shape index (κ1) is 10.5. The molecule has 0 atom stereocenters. The topological polar surface area (TPSA) is 57.5 Å². The van der Waals surface area contributed by atoms with Crippen LogP contribution >= 0.6 is 15.9 Å². The normalized spacial score (nSPS) is 18.2. The van der Waals surface area contributed by atoms with Gasteiger partial charge in [0.15, 0.2) is 0 Å². The summed E-state index contributed by atoms with van der Waals surface area (Å²) in [5.41, 5.74) is -0.367. The lowest BCUT2D eigenvalue weighted by Gasteiger charge is -2.38. The fraction of sp³-hybridized carbons (Fsp3) is 0.364. The van der Waals surface area contributed by atoms with Gasteiger partial charge in [0, 0.05) is 10.0 Å². The summed E-state index contributed by atoms with van der Waals surface area (Å²) in [5, 5.41) is 19.0. The number of rotatable bonds is 2. The lowest BCUT2D eigenvalue weighted by atomic mass is 9.64. The van der Waals surface area contributed by atoms with E-state index in [0.29, 0.717) is 22.9 Å². The molecule has 0 radical (unpaired) electrons. The van der Waals surface area contributed by atoms with Gasteiger partial charge in [-0.3, -0.25) is 4.79 Å². The smallest absolute Gasteiger partial charge is 0.314 e. The summed E-state index contributed by atoms with van der Waals surface area (Å²) in [6.07, 6.45) is 2.09. The van der Waals surface area contributed by atoms with Crippen LogP contribution < -0.4 is 0 Å². The zero-order valence-corrected chi connectivity index (χ0v) is 9.62. The number of carboxylic acid groups (broad SMARTS) is 1. The lowest BCUT2D eigenvalue weighted by Crippen LogP contribution is -2.42. The standard InChI is InChI=1S/C11H11BrO3/c12-7-3-1-4-8(13)9(7)11(10(14)15)5-2-6-11/h1,3-4,13H,2,5-6H2,(H,14,15). The molecule has 1 aromatic carbocycles. The van der Waals surface area contributed by atoms with Crippen molar-refractivity contribution in [2.75, 3.05) is 0 Å². The molecule has 1 aliphatic rings. The van der Waals surface area contributed by atoms with Crippen LogP contribution in [0.25, 0.3) is 0 Å². The van der Waals surface area contributed by atoms with E-state index in [1.807, 2.05) is 0 Å². The van der Waals surface area contributed by atoms with Crippen LogP contribution in [0.5, 0.6) is 5.75 Å². The number of phenols is 1. The van der Waals surface area contributed by atoms with Crippen LogP contribution in [-0.2, 0) is 10.2 Å². The zero-order valence-electron chi connectivity index (χ0n) is 8.03. The minimum absolute atomic E-state index is 0.0616. The van der Waals surface area contributed by atoms with Gasteiger partial charge in [0.05, 0.1) is 5.41 Å². The molecule has 0 heterocycles. The van der Waals surface area contributed by atoms with Gasteiger partial charge in [0.1, 0.15) is 5.75 Å². The second-order valence-corrected chi connectivity index (χ2v) is 4.73. The summed E-state index contributed by atoms with van der Waals surface area (Å²) in [4.78, 5) is 11.3. The number of halogens is 1. The van der Waals surface area contributed by atoms with Gasteiger partial charge in [-0.15, -0.1) is 0 Å². The van der Waals surface area contributed by atoms with Crippen LogP contribution in [0, 0.1) is 0 Å². The highest BCUT2D eigenvalue weighted by molar-refractivity contribution is 9.10. The third-order valence-corrected chi connectivity index (χ3v) is 3.75. The van der Waals surface area contributed by atoms with Crippen molar-refractivity contribution in [3.05, 3.63) is 28.2 Å². The van der Waals surface area contributed by atoms with Crippen molar-refractivity contribution < 1.29 is 15.0 Å². The quantitative estimate of drug-likeness (QED) is 0.869. The molecule has 1 aromatic rings. The summed E-state index contributed by atoms with van der Waals surface area (Å²) < 4.78 is 0.671. The van der Waals surface area contributed by atoms with Crippen molar-refractivity contribution in [3.8, 4) is 5.75 Å². The predicted molar refractivity (Wildman–Crippen MR) is 59.0 cm³/mol.